The van der Waals surface area contributed by atoms with Crippen LogP contribution < -0.4 is 57.6 Å². The Bertz CT molecular complexity index is 3540. The van der Waals surface area contributed by atoms with Crippen molar-refractivity contribution in [3.8, 4) is 34.5 Å². The summed E-state index contributed by atoms with van der Waals surface area (Å²) in [5.41, 5.74) is -1.09. The first-order valence-electron chi connectivity index (χ1n) is 21.0. The number of rotatable bonds is 13. The summed E-state index contributed by atoms with van der Waals surface area (Å²) in [6, 6.07) is 9.18. The van der Waals surface area contributed by atoms with Gasteiger partial charge in [-0.2, -0.15) is 0 Å². The highest BCUT2D eigenvalue weighted by atomic mass is 16.5. The topological polar surface area (TPSA) is 234 Å². The molecule has 4 aromatic heterocycles. The molecule has 2 atom stereocenters. The molecule has 22 nitrogen and oxygen atoms in total. The summed E-state index contributed by atoms with van der Waals surface area (Å²) >= 11 is 0. The van der Waals surface area contributed by atoms with Gasteiger partial charge in [0.05, 0.1) is 76.2 Å². The van der Waals surface area contributed by atoms with Crippen molar-refractivity contribution >= 4 is 22.1 Å². The number of ether oxygens (including phenoxy) is 5. The highest BCUT2D eigenvalue weighted by Crippen LogP contribution is 2.44. The number of phenolic OH excluding ortho intramolecular Hbond substituents is 1. The number of methoxy groups -OCH3 is 4. The number of aryl methyl sites for hydroxylation is 4. The van der Waals surface area contributed by atoms with E-state index in [0.717, 1.165) is 9.13 Å². The largest absolute Gasteiger partial charge is 0.504 e. The van der Waals surface area contributed by atoms with Crippen LogP contribution in [0.15, 0.2) is 82.9 Å². The Morgan fingerprint density at radius 2 is 1.15 bits per heavy atom. The molecule has 0 spiro atoms. The minimum absolute atomic E-state index is 0.0828. The summed E-state index contributed by atoms with van der Waals surface area (Å²) < 4.78 is 37.1. The molecule has 0 radical (unpaired) electrons. The summed E-state index contributed by atoms with van der Waals surface area (Å²) in [6.45, 7) is 1.15. The minimum atomic E-state index is -1.15. The Labute approximate surface area is 372 Å². The standard InChI is InChI=1S/C44H46N10O12/c1-8-66-32-11-9-10-24(38(32)55)37-23-12-17-51-41(58)49(15-13-25-39(56)47(2)29-20-35(64-6)33(62-4)18-27(29)45-25)43(60)53(51)31(23)22-52-42(59)50(44(61)54(37)52)16-14-26-40(57)48(3)30-21-36(65-7)34(63-5)19-28(30)46-26/h9-12,18-21,31,37,55H,8,13-17,22H2,1-7H3. The van der Waals surface area contributed by atoms with Crippen LogP contribution in [0.4, 0.5) is 0 Å². The van der Waals surface area contributed by atoms with Crippen molar-refractivity contribution in [2.45, 2.75) is 58.0 Å². The number of hydrogen-bond acceptors (Lipinski definition) is 14. The lowest BCUT2D eigenvalue weighted by Gasteiger charge is -2.37. The van der Waals surface area contributed by atoms with Crippen molar-refractivity contribution < 1.29 is 28.8 Å². The van der Waals surface area contributed by atoms with Crippen LogP contribution in [0.3, 0.4) is 0 Å². The van der Waals surface area contributed by atoms with Crippen LogP contribution >= 0.6 is 0 Å². The Balaban J connectivity index is 1.11. The van der Waals surface area contributed by atoms with Gasteiger partial charge in [0.15, 0.2) is 34.5 Å². The summed E-state index contributed by atoms with van der Waals surface area (Å²) in [6.07, 6.45) is 1.51. The molecule has 3 aromatic carbocycles. The van der Waals surface area contributed by atoms with Crippen LogP contribution in [0.5, 0.6) is 34.5 Å². The van der Waals surface area contributed by atoms with Crippen LogP contribution in [0.25, 0.3) is 22.1 Å². The molecule has 0 fully saturated rings. The van der Waals surface area contributed by atoms with Crippen LogP contribution in [0, 0.1) is 0 Å². The second-order valence-electron chi connectivity index (χ2n) is 15.8. The third kappa shape index (κ3) is 6.61. The van der Waals surface area contributed by atoms with Gasteiger partial charge >= 0.3 is 22.8 Å². The van der Waals surface area contributed by atoms with Gasteiger partial charge in [-0.1, -0.05) is 18.2 Å². The maximum atomic E-state index is 14.6. The van der Waals surface area contributed by atoms with Crippen molar-refractivity contribution in [1.82, 2.24) is 47.0 Å². The molecule has 2 unspecified atom stereocenters. The zero-order valence-corrected chi connectivity index (χ0v) is 37.1. The van der Waals surface area contributed by atoms with E-state index in [1.54, 1.807) is 69.6 Å². The van der Waals surface area contributed by atoms with Gasteiger partial charge in [0.1, 0.15) is 17.4 Å². The molecule has 2 aliphatic heterocycles. The predicted octanol–water partition coefficient (Wildman–Crippen LogP) is 0.839. The highest BCUT2D eigenvalue weighted by Gasteiger charge is 2.42. The second kappa shape index (κ2) is 16.5. The summed E-state index contributed by atoms with van der Waals surface area (Å²) in [5, 5.41) is 11.7. The molecule has 344 valence electrons. The number of allylic oxidation sites excluding steroid dienone is 2. The maximum Gasteiger partial charge on any atom is 0.348 e. The van der Waals surface area contributed by atoms with E-state index in [0.29, 0.717) is 50.6 Å². The van der Waals surface area contributed by atoms with Gasteiger partial charge in [-0.25, -0.2) is 57.0 Å². The lowest BCUT2D eigenvalue weighted by atomic mass is 9.89. The number of benzene rings is 3. The zero-order valence-electron chi connectivity index (χ0n) is 37.1. The van der Waals surface area contributed by atoms with Crippen molar-refractivity contribution in [2.75, 3.05) is 35.0 Å². The van der Waals surface area contributed by atoms with E-state index in [1.165, 1.54) is 56.3 Å². The van der Waals surface area contributed by atoms with Crippen molar-refractivity contribution in [1.29, 1.82) is 0 Å². The van der Waals surface area contributed by atoms with Crippen LogP contribution in [0.1, 0.15) is 36.0 Å². The van der Waals surface area contributed by atoms with Crippen molar-refractivity contribution in [3.63, 3.8) is 0 Å². The Hall–Kier alpha value is -8.04. The summed E-state index contributed by atoms with van der Waals surface area (Å²) in [7, 11) is 9.08. The molecule has 0 amide bonds. The molecule has 6 heterocycles. The lowest BCUT2D eigenvalue weighted by Crippen LogP contribution is -2.47. The Morgan fingerprint density at radius 1 is 0.652 bits per heavy atom. The van der Waals surface area contributed by atoms with Gasteiger partial charge in [-0.15, -0.1) is 0 Å². The average Bonchev–Trinajstić information content (AvgIpc) is 3.71. The number of aromatic nitrogens is 10. The molecule has 1 N–H and O–H groups in total. The van der Waals surface area contributed by atoms with E-state index in [4.69, 9.17) is 23.7 Å². The molecule has 66 heavy (non-hydrogen) atoms. The molecule has 7 aromatic rings. The fourth-order valence-electron chi connectivity index (χ4n) is 9.13. The summed E-state index contributed by atoms with van der Waals surface area (Å²) in [4.78, 5) is 94.0. The average molecular weight is 907 g/mol. The zero-order chi connectivity index (χ0) is 46.9. The molecule has 22 heteroatoms. The molecule has 0 saturated carbocycles. The second-order valence-corrected chi connectivity index (χ2v) is 15.8. The van der Waals surface area contributed by atoms with E-state index in [9.17, 15) is 33.9 Å². The number of nitrogens with zero attached hydrogens (tertiary/aromatic N) is 10. The van der Waals surface area contributed by atoms with Gasteiger partial charge in [0.25, 0.3) is 11.1 Å². The number of fused-ring (bicyclic) bond motifs is 6. The van der Waals surface area contributed by atoms with Crippen molar-refractivity contribution in [3.05, 3.63) is 134 Å². The monoisotopic (exact) mass is 906 g/mol. The van der Waals surface area contributed by atoms with E-state index >= 15 is 0 Å². The third-order valence-corrected chi connectivity index (χ3v) is 12.4. The Morgan fingerprint density at radius 3 is 1.67 bits per heavy atom. The molecule has 9 rings (SSSR count). The van der Waals surface area contributed by atoms with Gasteiger partial charge < -0.3 is 37.9 Å². The molecule has 0 aliphatic carbocycles. The third-order valence-electron chi connectivity index (χ3n) is 12.4. The normalized spacial score (nSPS) is 15.3. The number of para-hydroxylation sites is 1. The van der Waals surface area contributed by atoms with E-state index < -0.39 is 46.0 Å². The van der Waals surface area contributed by atoms with Gasteiger partial charge in [0, 0.05) is 69.9 Å². The van der Waals surface area contributed by atoms with Crippen LogP contribution in [-0.4, -0.2) is 87.1 Å². The molecular weight excluding hydrogens is 861 g/mol. The quantitative estimate of drug-likeness (QED) is 0.158. The lowest BCUT2D eigenvalue weighted by molar-refractivity contribution is 0.242. The van der Waals surface area contributed by atoms with E-state index in [1.807, 2.05) is 0 Å². The fourth-order valence-corrected chi connectivity index (χ4v) is 9.13. The minimum Gasteiger partial charge on any atom is -0.504 e. The first kappa shape index (κ1) is 43.2. The van der Waals surface area contributed by atoms with Crippen LogP contribution in [0.2, 0.25) is 0 Å². The molecule has 0 bridgehead atoms. The molecular formula is C44H46N10O12. The smallest absolute Gasteiger partial charge is 0.348 e. The molecule has 2 aliphatic rings. The maximum absolute atomic E-state index is 14.6. The van der Waals surface area contributed by atoms with E-state index in [2.05, 4.69) is 9.97 Å². The SMILES string of the molecule is CCOc1cccc(C2C3=CCn4c(=O)n(CCc5nc6cc(OC)c(OC)cc6n(C)c5=O)c(=O)n4C3Cn3c(=O)n(CCc4nc5cc(OC)c(OC)cc5n(C)c4=O)c(=O)n32)c1O. The molecule has 0 saturated heterocycles. The highest BCUT2D eigenvalue weighted by molar-refractivity contribution is 5.80. The fraction of sp³-hybridized carbons (Fsp3) is 0.364. The number of hydrogen-bond donors (Lipinski definition) is 1. The Kier molecular flexibility index (Phi) is 10.8. The predicted molar refractivity (Wildman–Crippen MR) is 238 cm³/mol. The van der Waals surface area contributed by atoms with Crippen LogP contribution in [-0.2, 0) is 53.1 Å². The first-order valence-corrected chi connectivity index (χ1v) is 21.0. The van der Waals surface area contributed by atoms with E-state index in [-0.39, 0.29) is 74.1 Å². The van der Waals surface area contributed by atoms with Gasteiger partial charge in [-0.05, 0) is 18.6 Å². The first-order chi connectivity index (χ1) is 31.8. The van der Waals surface area contributed by atoms with Gasteiger partial charge in [-0.3, -0.25) is 9.59 Å². The number of aromatic hydroxyl groups is 1. The number of phenols is 1. The summed E-state index contributed by atoms with van der Waals surface area (Å²) in [5.74, 6) is 1.46. The van der Waals surface area contributed by atoms with Gasteiger partial charge in [0.2, 0.25) is 0 Å². The van der Waals surface area contributed by atoms with Crippen molar-refractivity contribution in [2.24, 2.45) is 14.1 Å².